The maximum Gasteiger partial charge on any atom is 0.222 e. The first-order valence-corrected chi connectivity index (χ1v) is 9.86. The fraction of sp³-hybridized carbons (Fsp3) is 0.250. The van der Waals surface area contributed by atoms with Crippen LogP contribution in [0.1, 0.15) is 23.4 Å². The fourth-order valence-electron chi connectivity index (χ4n) is 2.72. The Morgan fingerprint density at radius 3 is 2.68 bits per heavy atom. The zero-order chi connectivity index (χ0) is 19.8. The lowest BCUT2D eigenvalue weighted by Gasteiger charge is -2.07. The molecule has 7 nitrogen and oxygen atoms in total. The maximum absolute atomic E-state index is 11.7. The fourth-order valence-corrected chi connectivity index (χ4v) is 3.34. The van der Waals surface area contributed by atoms with Crippen molar-refractivity contribution in [2.45, 2.75) is 25.7 Å². The summed E-state index contributed by atoms with van der Waals surface area (Å²) < 4.78 is 0. The maximum atomic E-state index is 11.7. The number of hydrogen-bond acceptors (Lipinski definition) is 7. The number of thiazole rings is 1. The molecule has 0 amide bonds. The lowest BCUT2D eigenvalue weighted by molar-refractivity contribution is -0.117. The second-order valence-electron chi connectivity index (χ2n) is 6.34. The standard InChI is InChI=1S/C20H22N6OS/c21-18(22)11-17(27)5-4-14-2-1-3-15(10-14)16-12-25-20(26-13-16)24-7-6-19-23-8-9-28-19/h1-3,8-10,12-13H,4-7,11H2,(H3,21,22)(H,24,25,26). The Balaban J connectivity index is 1.55. The van der Waals surface area contributed by atoms with Gasteiger partial charge in [0.05, 0.1) is 17.3 Å². The number of nitrogens with one attached hydrogen (secondary N) is 2. The first kappa shape index (κ1) is 19.6. The Kier molecular flexibility index (Phi) is 6.80. The van der Waals surface area contributed by atoms with Gasteiger partial charge in [-0.3, -0.25) is 10.2 Å². The van der Waals surface area contributed by atoms with Crippen LogP contribution in [0.15, 0.2) is 48.2 Å². The minimum absolute atomic E-state index is 0.0184. The van der Waals surface area contributed by atoms with Crippen molar-refractivity contribution in [2.24, 2.45) is 5.73 Å². The van der Waals surface area contributed by atoms with Crippen LogP contribution in [0.25, 0.3) is 11.1 Å². The van der Waals surface area contributed by atoms with Gasteiger partial charge in [-0.05, 0) is 17.5 Å². The van der Waals surface area contributed by atoms with Gasteiger partial charge in [0, 0.05) is 48.9 Å². The highest BCUT2D eigenvalue weighted by atomic mass is 32.1. The summed E-state index contributed by atoms with van der Waals surface area (Å²) in [5, 5.41) is 13.4. The van der Waals surface area contributed by atoms with E-state index in [1.54, 1.807) is 29.9 Å². The largest absolute Gasteiger partial charge is 0.387 e. The molecule has 0 bridgehead atoms. The molecule has 1 aromatic carbocycles. The van der Waals surface area contributed by atoms with Gasteiger partial charge < -0.3 is 11.1 Å². The average Bonchev–Trinajstić information content (AvgIpc) is 3.20. The number of benzene rings is 1. The SMILES string of the molecule is N=C(N)CC(=O)CCc1cccc(-c2cnc(NCCc3nccs3)nc2)c1. The molecule has 3 rings (SSSR count). The van der Waals surface area contributed by atoms with Crippen molar-refractivity contribution < 1.29 is 4.79 Å². The highest BCUT2D eigenvalue weighted by Gasteiger charge is 2.06. The van der Waals surface area contributed by atoms with E-state index in [1.807, 2.05) is 29.6 Å². The molecule has 0 saturated carbocycles. The van der Waals surface area contributed by atoms with Crippen LogP contribution in [0.3, 0.4) is 0 Å². The minimum Gasteiger partial charge on any atom is -0.387 e. The van der Waals surface area contributed by atoms with Gasteiger partial charge in [-0.25, -0.2) is 15.0 Å². The summed E-state index contributed by atoms with van der Waals surface area (Å²) in [5.74, 6) is 0.483. The molecule has 0 radical (unpaired) electrons. The summed E-state index contributed by atoms with van der Waals surface area (Å²) >= 11 is 1.64. The zero-order valence-corrected chi connectivity index (χ0v) is 16.2. The van der Waals surface area contributed by atoms with E-state index in [4.69, 9.17) is 11.1 Å². The van der Waals surface area contributed by atoms with Crippen molar-refractivity contribution >= 4 is 28.9 Å². The first-order valence-electron chi connectivity index (χ1n) is 8.98. The monoisotopic (exact) mass is 394 g/mol. The molecule has 0 aliphatic rings. The second kappa shape index (κ2) is 9.70. The van der Waals surface area contributed by atoms with Crippen LogP contribution in [-0.2, 0) is 17.6 Å². The van der Waals surface area contributed by atoms with Crippen molar-refractivity contribution in [3.63, 3.8) is 0 Å². The zero-order valence-electron chi connectivity index (χ0n) is 15.4. The summed E-state index contributed by atoms with van der Waals surface area (Å²) in [6.07, 6.45) is 7.24. The van der Waals surface area contributed by atoms with Crippen LogP contribution in [-0.4, -0.2) is 33.1 Å². The molecule has 2 heterocycles. The molecule has 0 unspecified atom stereocenters. The lowest BCUT2D eigenvalue weighted by Crippen LogP contribution is -2.15. The normalized spacial score (nSPS) is 10.6. The van der Waals surface area contributed by atoms with E-state index in [0.29, 0.717) is 18.8 Å². The summed E-state index contributed by atoms with van der Waals surface area (Å²) in [7, 11) is 0. The molecule has 0 aliphatic heterocycles. The van der Waals surface area contributed by atoms with E-state index in [1.165, 1.54) is 0 Å². The number of carbonyl (C=O) groups is 1. The molecular formula is C20H22N6OS. The van der Waals surface area contributed by atoms with Gasteiger partial charge in [-0.1, -0.05) is 24.3 Å². The molecule has 4 N–H and O–H groups in total. The molecule has 0 spiro atoms. The Hall–Kier alpha value is -3.13. The van der Waals surface area contributed by atoms with Crippen molar-refractivity contribution in [1.82, 2.24) is 15.0 Å². The highest BCUT2D eigenvalue weighted by Crippen LogP contribution is 2.20. The molecule has 8 heteroatoms. The first-order chi connectivity index (χ1) is 13.6. The lowest BCUT2D eigenvalue weighted by atomic mass is 10.0. The number of nitrogens with two attached hydrogens (primary N) is 1. The van der Waals surface area contributed by atoms with Crippen molar-refractivity contribution in [2.75, 3.05) is 11.9 Å². The number of hydrogen-bond donors (Lipinski definition) is 3. The molecule has 0 saturated heterocycles. The predicted molar refractivity (Wildman–Crippen MR) is 112 cm³/mol. The highest BCUT2D eigenvalue weighted by molar-refractivity contribution is 7.09. The van der Waals surface area contributed by atoms with E-state index in [2.05, 4.69) is 20.3 Å². The predicted octanol–water partition coefficient (Wildman–Crippen LogP) is 3.08. The molecule has 0 fully saturated rings. The van der Waals surface area contributed by atoms with Gasteiger partial charge in [0.2, 0.25) is 5.95 Å². The van der Waals surface area contributed by atoms with Crippen LogP contribution < -0.4 is 11.1 Å². The number of ketones is 1. The van der Waals surface area contributed by atoms with Gasteiger partial charge in [-0.2, -0.15) is 0 Å². The molecule has 28 heavy (non-hydrogen) atoms. The molecule has 144 valence electrons. The molecule has 3 aromatic rings. The number of rotatable bonds is 10. The Bertz CT molecular complexity index is 924. The number of aromatic nitrogens is 3. The van der Waals surface area contributed by atoms with E-state index < -0.39 is 0 Å². The second-order valence-corrected chi connectivity index (χ2v) is 7.32. The van der Waals surface area contributed by atoms with Gasteiger partial charge in [0.25, 0.3) is 0 Å². The van der Waals surface area contributed by atoms with Crippen molar-refractivity contribution in [1.29, 1.82) is 5.41 Å². The topological polar surface area (TPSA) is 118 Å². The van der Waals surface area contributed by atoms with E-state index >= 15 is 0 Å². The Morgan fingerprint density at radius 1 is 1.14 bits per heavy atom. The summed E-state index contributed by atoms with van der Waals surface area (Å²) in [6, 6.07) is 7.98. The number of carbonyl (C=O) groups excluding carboxylic acids is 1. The molecular weight excluding hydrogens is 372 g/mol. The van der Waals surface area contributed by atoms with Crippen molar-refractivity contribution in [3.05, 3.63) is 58.8 Å². The van der Waals surface area contributed by atoms with Gasteiger partial charge >= 0.3 is 0 Å². The third kappa shape index (κ3) is 5.95. The third-order valence-corrected chi connectivity index (χ3v) is 4.94. The van der Waals surface area contributed by atoms with Crippen LogP contribution >= 0.6 is 11.3 Å². The van der Waals surface area contributed by atoms with E-state index in [0.717, 1.165) is 34.7 Å². The average molecular weight is 395 g/mol. The van der Waals surface area contributed by atoms with Crippen LogP contribution in [0.4, 0.5) is 5.95 Å². The van der Waals surface area contributed by atoms with E-state index in [-0.39, 0.29) is 18.0 Å². The van der Waals surface area contributed by atoms with Crippen LogP contribution in [0, 0.1) is 5.41 Å². The summed E-state index contributed by atoms with van der Waals surface area (Å²) in [5.41, 5.74) is 8.25. The van der Waals surface area contributed by atoms with Crippen molar-refractivity contribution in [3.8, 4) is 11.1 Å². The molecule has 2 aromatic heterocycles. The molecule has 0 aliphatic carbocycles. The Morgan fingerprint density at radius 2 is 1.96 bits per heavy atom. The van der Waals surface area contributed by atoms with Crippen LogP contribution in [0.5, 0.6) is 0 Å². The molecule has 0 atom stereocenters. The van der Waals surface area contributed by atoms with Crippen LogP contribution in [0.2, 0.25) is 0 Å². The number of amidine groups is 1. The van der Waals surface area contributed by atoms with Gasteiger partial charge in [-0.15, -0.1) is 11.3 Å². The van der Waals surface area contributed by atoms with Gasteiger partial charge in [0.15, 0.2) is 0 Å². The number of aryl methyl sites for hydroxylation is 1. The minimum atomic E-state index is -0.0868. The smallest absolute Gasteiger partial charge is 0.222 e. The number of nitrogens with zero attached hydrogens (tertiary/aromatic N) is 3. The third-order valence-electron chi connectivity index (χ3n) is 4.10. The van der Waals surface area contributed by atoms with E-state index in [9.17, 15) is 4.79 Å². The number of Topliss-reactive ketones (excluding diaryl/α,β-unsaturated/α-hetero) is 1. The summed E-state index contributed by atoms with van der Waals surface area (Å²) in [6.45, 7) is 0.733. The van der Waals surface area contributed by atoms with Gasteiger partial charge in [0.1, 0.15) is 5.78 Å². The Labute approximate surface area is 167 Å². The quantitative estimate of drug-likeness (QED) is 0.359. The summed E-state index contributed by atoms with van der Waals surface area (Å²) in [4.78, 5) is 24.7. The number of anilines is 1.